The van der Waals surface area contributed by atoms with Gasteiger partial charge in [0.25, 0.3) is 0 Å². The number of hydrogen-bond donors (Lipinski definition) is 1. The van der Waals surface area contributed by atoms with Crippen LogP contribution in [-0.4, -0.2) is 54.5 Å². The average Bonchev–Trinajstić information content (AvgIpc) is 2.57. The van der Waals surface area contributed by atoms with Gasteiger partial charge in [-0.25, -0.2) is 4.79 Å². The third-order valence-electron chi connectivity index (χ3n) is 4.71. The molecule has 5 nitrogen and oxygen atoms in total. The third-order valence-corrected chi connectivity index (χ3v) is 4.71. The Morgan fingerprint density at radius 3 is 2.39 bits per heavy atom. The fourth-order valence-corrected chi connectivity index (χ4v) is 3.33. The molecule has 0 spiro atoms. The SMILES string of the molecule is O=C(CNC(=O)N1CC(Cc2ccccc2)C1)N1CCCCC1. The van der Waals surface area contributed by atoms with Crippen LogP contribution in [0.1, 0.15) is 24.8 Å². The van der Waals surface area contributed by atoms with Crippen LogP contribution in [0, 0.1) is 5.92 Å². The molecule has 2 fully saturated rings. The standard InChI is InChI=1S/C18H25N3O2/c22-17(20-9-5-2-6-10-20)12-19-18(23)21-13-16(14-21)11-15-7-3-1-4-8-15/h1,3-4,7-8,16H,2,5-6,9-14H2,(H,19,23). The molecule has 0 radical (unpaired) electrons. The van der Waals surface area contributed by atoms with Crippen LogP contribution in [0.25, 0.3) is 0 Å². The van der Waals surface area contributed by atoms with Crippen molar-refractivity contribution in [2.45, 2.75) is 25.7 Å². The first-order valence-electron chi connectivity index (χ1n) is 8.57. The van der Waals surface area contributed by atoms with Gasteiger partial charge in [0.15, 0.2) is 0 Å². The summed E-state index contributed by atoms with van der Waals surface area (Å²) in [6, 6.07) is 10.2. The minimum atomic E-state index is -0.111. The third kappa shape index (κ3) is 4.24. The Bertz CT molecular complexity index is 534. The van der Waals surface area contributed by atoms with Gasteiger partial charge in [0, 0.05) is 26.2 Å². The van der Waals surface area contributed by atoms with E-state index >= 15 is 0 Å². The van der Waals surface area contributed by atoms with Gasteiger partial charge in [0.05, 0.1) is 6.54 Å². The van der Waals surface area contributed by atoms with Gasteiger partial charge in [-0.1, -0.05) is 30.3 Å². The Morgan fingerprint density at radius 1 is 1.00 bits per heavy atom. The summed E-state index contributed by atoms with van der Waals surface area (Å²) in [7, 11) is 0. The Morgan fingerprint density at radius 2 is 1.70 bits per heavy atom. The van der Waals surface area contributed by atoms with Gasteiger partial charge in [-0.15, -0.1) is 0 Å². The van der Waals surface area contributed by atoms with Crippen LogP contribution in [0.15, 0.2) is 30.3 Å². The largest absolute Gasteiger partial charge is 0.341 e. The van der Waals surface area contributed by atoms with Crippen molar-refractivity contribution in [1.29, 1.82) is 0 Å². The van der Waals surface area contributed by atoms with E-state index in [1.165, 1.54) is 12.0 Å². The maximum atomic E-state index is 12.1. The predicted octanol–water partition coefficient (Wildman–Crippen LogP) is 1.88. The summed E-state index contributed by atoms with van der Waals surface area (Å²) in [6.45, 7) is 3.34. The molecule has 0 aromatic heterocycles. The van der Waals surface area contributed by atoms with Gasteiger partial charge >= 0.3 is 6.03 Å². The van der Waals surface area contributed by atoms with E-state index in [1.54, 1.807) is 4.90 Å². The molecule has 5 heteroatoms. The van der Waals surface area contributed by atoms with Gasteiger partial charge in [-0.3, -0.25) is 4.79 Å². The molecular formula is C18H25N3O2. The second-order valence-electron chi connectivity index (χ2n) is 6.56. The molecule has 2 aliphatic heterocycles. The van der Waals surface area contributed by atoms with Crippen molar-refractivity contribution in [2.24, 2.45) is 5.92 Å². The highest BCUT2D eigenvalue weighted by Crippen LogP contribution is 2.20. The van der Waals surface area contributed by atoms with Crippen molar-refractivity contribution in [3.63, 3.8) is 0 Å². The Labute approximate surface area is 137 Å². The lowest BCUT2D eigenvalue weighted by atomic mass is 9.92. The van der Waals surface area contributed by atoms with Crippen LogP contribution in [-0.2, 0) is 11.2 Å². The second kappa shape index (κ2) is 7.49. The predicted molar refractivity (Wildman–Crippen MR) is 89.0 cm³/mol. The van der Waals surface area contributed by atoms with Crippen molar-refractivity contribution in [3.05, 3.63) is 35.9 Å². The Balaban J connectivity index is 1.35. The number of piperidine rings is 1. The molecule has 0 bridgehead atoms. The summed E-state index contributed by atoms with van der Waals surface area (Å²) < 4.78 is 0. The number of likely N-dealkylation sites (tertiary alicyclic amines) is 2. The summed E-state index contributed by atoms with van der Waals surface area (Å²) in [5.41, 5.74) is 1.32. The van der Waals surface area contributed by atoms with Crippen molar-refractivity contribution in [3.8, 4) is 0 Å². The fourth-order valence-electron chi connectivity index (χ4n) is 3.33. The highest BCUT2D eigenvalue weighted by molar-refractivity contribution is 5.84. The molecule has 124 valence electrons. The summed E-state index contributed by atoms with van der Waals surface area (Å²) in [5.74, 6) is 0.570. The van der Waals surface area contributed by atoms with Gasteiger partial charge in [-0.2, -0.15) is 0 Å². The molecule has 1 aromatic rings. The number of carbonyl (C=O) groups excluding carboxylic acids is 2. The molecule has 0 saturated carbocycles. The Hall–Kier alpha value is -2.04. The van der Waals surface area contributed by atoms with Crippen LogP contribution in [0.5, 0.6) is 0 Å². The summed E-state index contributed by atoms with van der Waals surface area (Å²) in [4.78, 5) is 27.7. The maximum absolute atomic E-state index is 12.1. The van der Waals surface area contributed by atoms with Crippen LogP contribution in [0.2, 0.25) is 0 Å². The second-order valence-corrected chi connectivity index (χ2v) is 6.56. The van der Waals surface area contributed by atoms with E-state index in [9.17, 15) is 9.59 Å². The molecule has 3 rings (SSSR count). The molecule has 2 aliphatic rings. The first-order valence-corrected chi connectivity index (χ1v) is 8.57. The average molecular weight is 315 g/mol. The van der Waals surface area contributed by atoms with Gasteiger partial charge in [-0.05, 0) is 37.2 Å². The van der Waals surface area contributed by atoms with Crippen molar-refractivity contribution in [1.82, 2.24) is 15.1 Å². The first-order chi connectivity index (χ1) is 11.2. The van der Waals surface area contributed by atoms with Gasteiger partial charge in [0.2, 0.25) is 5.91 Å². The molecule has 0 unspecified atom stereocenters. The molecule has 2 saturated heterocycles. The first kappa shape index (κ1) is 15.8. The zero-order valence-corrected chi connectivity index (χ0v) is 13.5. The molecule has 3 amide bonds. The van der Waals surface area contributed by atoms with E-state index in [2.05, 4.69) is 17.4 Å². The van der Waals surface area contributed by atoms with Crippen LogP contribution in [0.4, 0.5) is 4.79 Å². The van der Waals surface area contributed by atoms with Crippen LogP contribution >= 0.6 is 0 Å². The molecule has 2 heterocycles. The minimum Gasteiger partial charge on any atom is -0.341 e. The van der Waals surface area contributed by atoms with E-state index in [-0.39, 0.29) is 18.5 Å². The number of benzene rings is 1. The van der Waals surface area contributed by atoms with Crippen molar-refractivity contribution in [2.75, 3.05) is 32.7 Å². The number of hydrogen-bond acceptors (Lipinski definition) is 2. The lowest BCUT2D eigenvalue weighted by Gasteiger charge is -2.39. The molecule has 0 aliphatic carbocycles. The monoisotopic (exact) mass is 315 g/mol. The van der Waals surface area contributed by atoms with Crippen molar-refractivity contribution >= 4 is 11.9 Å². The van der Waals surface area contributed by atoms with Gasteiger partial charge < -0.3 is 15.1 Å². The number of amides is 3. The van der Waals surface area contributed by atoms with Gasteiger partial charge in [0.1, 0.15) is 0 Å². The molecule has 23 heavy (non-hydrogen) atoms. The van der Waals surface area contributed by atoms with Crippen LogP contribution < -0.4 is 5.32 Å². The summed E-state index contributed by atoms with van der Waals surface area (Å²) in [5, 5.41) is 2.76. The zero-order valence-electron chi connectivity index (χ0n) is 13.5. The molecule has 1 N–H and O–H groups in total. The smallest absolute Gasteiger partial charge is 0.317 e. The Kier molecular flexibility index (Phi) is 5.16. The maximum Gasteiger partial charge on any atom is 0.317 e. The lowest BCUT2D eigenvalue weighted by molar-refractivity contribution is -0.131. The van der Waals surface area contributed by atoms with Crippen LogP contribution in [0.3, 0.4) is 0 Å². The number of nitrogens with one attached hydrogen (secondary N) is 1. The molecule has 0 atom stereocenters. The zero-order chi connectivity index (χ0) is 16.1. The normalized spacial score (nSPS) is 18.4. The van der Waals surface area contributed by atoms with E-state index in [4.69, 9.17) is 0 Å². The lowest BCUT2D eigenvalue weighted by Crippen LogP contribution is -2.55. The van der Waals surface area contributed by atoms with Crippen molar-refractivity contribution < 1.29 is 9.59 Å². The molecule has 1 aromatic carbocycles. The minimum absolute atomic E-state index is 0.0411. The van der Waals surface area contributed by atoms with E-state index in [1.807, 2.05) is 23.1 Å². The van der Waals surface area contributed by atoms with E-state index < -0.39 is 0 Å². The number of rotatable bonds is 4. The summed E-state index contributed by atoms with van der Waals surface area (Å²) >= 11 is 0. The highest BCUT2D eigenvalue weighted by atomic mass is 16.2. The highest BCUT2D eigenvalue weighted by Gasteiger charge is 2.30. The number of urea groups is 1. The topological polar surface area (TPSA) is 52.7 Å². The van der Waals surface area contributed by atoms with E-state index in [0.29, 0.717) is 5.92 Å². The van der Waals surface area contributed by atoms with E-state index in [0.717, 1.165) is 45.4 Å². The summed E-state index contributed by atoms with van der Waals surface area (Å²) in [6.07, 6.45) is 4.37. The fraction of sp³-hybridized carbons (Fsp3) is 0.556. The number of nitrogens with zero attached hydrogens (tertiary/aromatic N) is 2. The quantitative estimate of drug-likeness (QED) is 0.922. The number of carbonyl (C=O) groups is 2. The molecular weight excluding hydrogens is 290 g/mol.